The lowest BCUT2D eigenvalue weighted by atomic mass is 9.84. The van der Waals surface area contributed by atoms with Crippen LogP contribution in [0.1, 0.15) is 46.0 Å². The fourth-order valence-electron chi connectivity index (χ4n) is 2.98. The highest BCUT2D eigenvalue weighted by atomic mass is 16.6. The SMILES string of the molecule is CCOc1cc(NC2CCC(CC)CC2)ccc1[N+](=O)[O-]. The highest BCUT2D eigenvalue weighted by Crippen LogP contribution is 2.32. The van der Waals surface area contributed by atoms with Crippen LogP contribution in [0.5, 0.6) is 5.75 Å². The lowest BCUT2D eigenvalue weighted by Gasteiger charge is -2.29. The number of nitrogens with one attached hydrogen (secondary N) is 1. The zero-order valence-electron chi connectivity index (χ0n) is 12.8. The molecule has 0 atom stereocenters. The largest absolute Gasteiger partial charge is 0.487 e. The van der Waals surface area contributed by atoms with Crippen LogP contribution in [0.4, 0.5) is 11.4 Å². The highest BCUT2D eigenvalue weighted by molar-refractivity contribution is 5.58. The van der Waals surface area contributed by atoms with Crippen molar-refractivity contribution in [1.82, 2.24) is 0 Å². The van der Waals surface area contributed by atoms with E-state index < -0.39 is 4.92 Å². The molecule has 21 heavy (non-hydrogen) atoms. The minimum Gasteiger partial charge on any atom is -0.487 e. The zero-order chi connectivity index (χ0) is 15.2. The van der Waals surface area contributed by atoms with Crippen LogP contribution in [-0.2, 0) is 0 Å². The molecule has 1 aliphatic rings. The standard InChI is InChI=1S/C16H24N2O3/c1-3-12-5-7-13(8-6-12)17-14-9-10-15(18(19)20)16(11-14)21-4-2/h9-13,17H,3-8H2,1-2H3. The van der Waals surface area contributed by atoms with Crippen molar-refractivity contribution in [1.29, 1.82) is 0 Å². The Morgan fingerprint density at radius 1 is 1.29 bits per heavy atom. The third kappa shape index (κ3) is 4.09. The van der Waals surface area contributed by atoms with Crippen molar-refractivity contribution >= 4 is 11.4 Å². The van der Waals surface area contributed by atoms with Gasteiger partial charge in [0, 0.05) is 23.9 Å². The average Bonchev–Trinajstić information content (AvgIpc) is 2.48. The molecule has 0 bridgehead atoms. The first kappa shape index (κ1) is 15.6. The van der Waals surface area contributed by atoms with E-state index in [1.165, 1.54) is 38.2 Å². The van der Waals surface area contributed by atoms with Crippen molar-refractivity contribution in [2.24, 2.45) is 5.92 Å². The summed E-state index contributed by atoms with van der Waals surface area (Å²) < 4.78 is 5.38. The lowest BCUT2D eigenvalue weighted by Crippen LogP contribution is -2.25. The average molecular weight is 292 g/mol. The van der Waals surface area contributed by atoms with Gasteiger partial charge in [-0.2, -0.15) is 0 Å². The number of benzene rings is 1. The van der Waals surface area contributed by atoms with Crippen molar-refractivity contribution in [3.8, 4) is 5.75 Å². The monoisotopic (exact) mass is 292 g/mol. The number of hydrogen-bond acceptors (Lipinski definition) is 4. The Hall–Kier alpha value is -1.78. The number of nitrogens with zero attached hydrogens (tertiary/aromatic N) is 1. The summed E-state index contributed by atoms with van der Waals surface area (Å²) in [6.45, 7) is 4.50. The molecule has 0 aromatic heterocycles. The quantitative estimate of drug-likeness (QED) is 0.624. The smallest absolute Gasteiger partial charge is 0.311 e. The third-order valence-corrected chi connectivity index (χ3v) is 4.25. The second kappa shape index (κ2) is 7.29. The number of anilines is 1. The van der Waals surface area contributed by atoms with E-state index in [0.717, 1.165) is 11.6 Å². The summed E-state index contributed by atoms with van der Waals surface area (Å²) in [6, 6.07) is 5.49. The van der Waals surface area contributed by atoms with Gasteiger partial charge >= 0.3 is 5.69 Å². The molecule has 0 spiro atoms. The minimum atomic E-state index is -0.402. The molecule has 0 unspecified atom stereocenters. The van der Waals surface area contributed by atoms with Gasteiger partial charge in [-0.15, -0.1) is 0 Å². The summed E-state index contributed by atoms with van der Waals surface area (Å²) in [4.78, 5) is 10.6. The van der Waals surface area contributed by atoms with Gasteiger partial charge in [0.25, 0.3) is 0 Å². The maximum absolute atomic E-state index is 11.0. The fourth-order valence-corrected chi connectivity index (χ4v) is 2.98. The molecular formula is C16H24N2O3. The van der Waals surface area contributed by atoms with Gasteiger partial charge in [-0.25, -0.2) is 0 Å². The molecule has 1 fully saturated rings. The summed E-state index contributed by atoms with van der Waals surface area (Å²) in [5.41, 5.74) is 0.932. The topological polar surface area (TPSA) is 64.4 Å². The van der Waals surface area contributed by atoms with E-state index in [9.17, 15) is 10.1 Å². The van der Waals surface area contributed by atoms with Gasteiger partial charge in [0.15, 0.2) is 5.75 Å². The van der Waals surface area contributed by atoms with Crippen LogP contribution in [0.15, 0.2) is 18.2 Å². The first-order valence-corrected chi connectivity index (χ1v) is 7.81. The fraction of sp³-hybridized carbons (Fsp3) is 0.625. The van der Waals surface area contributed by atoms with Crippen molar-refractivity contribution in [3.63, 3.8) is 0 Å². The van der Waals surface area contributed by atoms with Crippen molar-refractivity contribution in [2.45, 2.75) is 52.0 Å². The summed E-state index contributed by atoms with van der Waals surface area (Å²) in [7, 11) is 0. The Labute approximate surface area is 125 Å². The number of nitro benzene ring substituents is 1. The van der Waals surface area contributed by atoms with E-state index in [-0.39, 0.29) is 5.69 Å². The first-order chi connectivity index (χ1) is 10.1. The summed E-state index contributed by atoms with van der Waals surface area (Å²) in [6.07, 6.45) is 6.12. The number of nitro groups is 1. The van der Waals surface area contributed by atoms with Gasteiger partial charge < -0.3 is 10.1 Å². The molecule has 116 valence electrons. The predicted octanol–water partition coefficient (Wildman–Crippen LogP) is 4.37. The molecule has 0 aliphatic heterocycles. The van der Waals surface area contributed by atoms with Gasteiger partial charge in [0.05, 0.1) is 11.5 Å². The Morgan fingerprint density at radius 2 is 2.00 bits per heavy atom. The van der Waals surface area contributed by atoms with Gasteiger partial charge in [-0.05, 0) is 44.6 Å². The molecule has 0 amide bonds. The van der Waals surface area contributed by atoms with Crippen LogP contribution >= 0.6 is 0 Å². The van der Waals surface area contributed by atoms with E-state index in [2.05, 4.69) is 12.2 Å². The van der Waals surface area contributed by atoms with Crippen LogP contribution in [0.2, 0.25) is 0 Å². The first-order valence-electron chi connectivity index (χ1n) is 7.81. The lowest BCUT2D eigenvalue weighted by molar-refractivity contribution is -0.385. The van der Waals surface area contributed by atoms with E-state index in [1.807, 2.05) is 6.92 Å². The summed E-state index contributed by atoms with van der Waals surface area (Å²) >= 11 is 0. The highest BCUT2D eigenvalue weighted by Gasteiger charge is 2.21. The van der Waals surface area contributed by atoms with Crippen LogP contribution in [0.3, 0.4) is 0 Å². The molecule has 5 nitrogen and oxygen atoms in total. The molecule has 5 heteroatoms. The molecule has 1 aromatic carbocycles. The molecular weight excluding hydrogens is 268 g/mol. The number of hydrogen-bond donors (Lipinski definition) is 1. The van der Waals surface area contributed by atoms with Crippen molar-refractivity contribution in [3.05, 3.63) is 28.3 Å². The summed E-state index contributed by atoms with van der Waals surface area (Å²) in [5.74, 6) is 1.20. The predicted molar refractivity (Wildman–Crippen MR) is 83.9 cm³/mol. The second-order valence-corrected chi connectivity index (χ2v) is 5.64. The van der Waals surface area contributed by atoms with Gasteiger partial charge in [-0.1, -0.05) is 13.3 Å². The van der Waals surface area contributed by atoms with E-state index in [4.69, 9.17) is 4.74 Å². The second-order valence-electron chi connectivity index (χ2n) is 5.64. The van der Waals surface area contributed by atoms with E-state index >= 15 is 0 Å². The molecule has 2 rings (SSSR count). The molecule has 0 heterocycles. The number of rotatable bonds is 6. The minimum absolute atomic E-state index is 0.0251. The van der Waals surface area contributed by atoms with Crippen LogP contribution < -0.4 is 10.1 Å². The van der Waals surface area contributed by atoms with Gasteiger partial charge in [0.1, 0.15) is 0 Å². The van der Waals surface area contributed by atoms with Crippen LogP contribution in [0.25, 0.3) is 0 Å². The Kier molecular flexibility index (Phi) is 5.42. The number of ether oxygens (including phenoxy) is 1. The van der Waals surface area contributed by atoms with Crippen molar-refractivity contribution < 1.29 is 9.66 Å². The van der Waals surface area contributed by atoms with E-state index in [1.54, 1.807) is 12.1 Å². The molecule has 1 saturated carbocycles. The van der Waals surface area contributed by atoms with Gasteiger partial charge in [0.2, 0.25) is 0 Å². The van der Waals surface area contributed by atoms with E-state index in [0.29, 0.717) is 18.4 Å². The van der Waals surface area contributed by atoms with Gasteiger partial charge in [-0.3, -0.25) is 10.1 Å². The summed E-state index contributed by atoms with van der Waals surface area (Å²) in [5, 5.41) is 14.5. The van der Waals surface area contributed by atoms with Crippen LogP contribution in [0, 0.1) is 16.0 Å². The molecule has 0 saturated heterocycles. The maximum Gasteiger partial charge on any atom is 0.311 e. The third-order valence-electron chi connectivity index (χ3n) is 4.25. The molecule has 1 N–H and O–H groups in total. The molecule has 1 aromatic rings. The Morgan fingerprint density at radius 3 is 2.57 bits per heavy atom. The Bertz CT molecular complexity index is 482. The van der Waals surface area contributed by atoms with Crippen LogP contribution in [-0.4, -0.2) is 17.6 Å². The van der Waals surface area contributed by atoms with Crippen molar-refractivity contribution in [2.75, 3.05) is 11.9 Å². The molecule has 1 aliphatic carbocycles. The normalized spacial score (nSPS) is 21.8. The molecule has 0 radical (unpaired) electrons. The zero-order valence-corrected chi connectivity index (χ0v) is 12.8. The maximum atomic E-state index is 11.0. The Balaban J connectivity index is 2.03.